The second-order valence-corrected chi connectivity index (χ2v) is 9.88. The van der Waals surface area contributed by atoms with Crippen molar-refractivity contribution in [3.05, 3.63) is 111 Å². The number of carbonyl (C=O) groups is 2. The van der Waals surface area contributed by atoms with Gasteiger partial charge < -0.3 is 10.4 Å². The molecule has 0 amide bonds. The van der Waals surface area contributed by atoms with E-state index < -0.39 is 5.97 Å². The van der Waals surface area contributed by atoms with Gasteiger partial charge in [-0.2, -0.15) is 0 Å². The summed E-state index contributed by atoms with van der Waals surface area (Å²) in [5, 5.41) is 14.0. The number of hydrogen-bond acceptors (Lipinski definition) is 3. The third kappa shape index (κ3) is 7.14. The van der Waals surface area contributed by atoms with Crippen LogP contribution in [0, 0.1) is 0 Å². The lowest BCUT2D eigenvalue weighted by Crippen LogP contribution is -2.03. The molecule has 4 nitrogen and oxygen atoms in total. The smallest absolute Gasteiger partial charge is 0.303 e. The van der Waals surface area contributed by atoms with Crippen molar-refractivity contribution in [1.82, 2.24) is 0 Å². The minimum atomic E-state index is -0.896. The fourth-order valence-corrected chi connectivity index (χ4v) is 4.73. The molecular weight excluding hydrogens is 529 g/mol. The number of ketones is 1. The lowest BCUT2D eigenvalue weighted by molar-refractivity contribution is -0.137. The number of hydrogen-bond donors (Lipinski definition) is 2. The third-order valence-electron chi connectivity index (χ3n) is 5.99. The predicted molar refractivity (Wildman–Crippen MR) is 152 cm³/mol. The summed E-state index contributed by atoms with van der Waals surface area (Å²) in [6, 6.07) is 26.6. The minimum absolute atomic E-state index is 0.0136. The fourth-order valence-electron chi connectivity index (χ4n) is 4.04. The van der Waals surface area contributed by atoms with Gasteiger partial charge in [0.05, 0.1) is 0 Å². The highest BCUT2D eigenvalue weighted by Gasteiger charge is 2.11. The van der Waals surface area contributed by atoms with Crippen LogP contribution in [0.1, 0.15) is 35.2 Å². The summed E-state index contributed by atoms with van der Waals surface area (Å²) < 4.78 is 0. The fraction of sp³-hybridized carbons (Fsp3) is 0.133. The van der Waals surface area contributed by atoms with Crippen molar-refractivity contribution in [1.29, 1.82) is 0 Å². The van der Waals surface area contributed by atoms with Crippen LogP contribution in [0.2, 0.25) is 15.1 Å². The number of halogens is 3. The highest BCUT2D eigenvalue weighted by Crippen LogP contribution is 2.32. The molecule has 0 aromatic heterocycles. The van der Waals surface area contributed by atoms with Crippen LogP contribution in [-0.4, -0.2) is 16.9 Å². The van der Waals surface area contributed by atoms with E-state index in [2.05, 4.69) is 5.32 Å². The maximum absolute atomic E-state index is 12.4. The minimum Gasteiger partial charge on any atom is -0.481 e. The average Bonchev–Trinajstić information content (AvgIpc) is 2.88. The molecule has 2 N–H and O–H groups in total. The van der Waals surface area contributed by atoms with E-state index in [1.807, 2.05) is 66.7 Å². The van der Waals surface area contributed by atoms with E-state index in [1.54, 1.807) is 18.2 Å². The van der Waals surface area contributed by atoms with Crippen molar-refractivity contribution in [2.75, 3.05) is 5.32 Å². The monoisotopic (exact) mass is 551 g/mol. The van der Waals surface area contributed by atoms with Gasteiger partial charge in [-0.3, -0.25) is 9.59 Å². The van der Waals surface area contributed by atoms with E-state index >= 15 is 0 Å². The van der Waals surface area contributed by atoms with Gasteiger partial charge in [0.15, 0.2) is 5.78 Å². The normalized spacial score (nSPS) is 10.8. The summed E-state index contributed by atoms with van der Waals surface area (Å²) >= 11 is 18.7. The Kier molecular flexibility index (Phi) is 8.88. The molecule has 4 aromatic rings. The summed E-state index contributed by atoms with van der Waals surface area (Å²) in [5.41, 5.74) is 6.39. The molecule has 7 heteroatoms. The Morgan fingerprint density at radius 2 is 1.32 bits per heavy atom. The largest absolute Gasteiger partial charge is 0.481 e. The van der Waals surface area contributed by atoms with Crippen LogP contribution in [0.15, 0.2) is 84.9 Å². The maximum atomic E-state index is 12.4. The van der Waals surface area contributed by atoms with Gasteiger partial charge >= 0.3 is 5.97 Å². The first-order chi connectivity index (χ1) is 17.8. The highest BCUT2D eigenvalue weighted by molar-refractivity contribution is 6.36. The molecule has 37 heavy (non-hydrogen) atoms. The van der Waals surface area contributed by atoms with Crippen LogP contribution in [0.3, 0.4) is 0 Å². The summed E-state index contributed by atoms with van der Waals surface area (Å²) in [7, 11) is 0. The molecule has 0 bridgehead atoms. The van der Waals surface area contributed by atoms with E-state index in [9.17, 15) is 9.59 Å². The van der Waals surface area contributed by atoms with Crippen LogP contribution >= 0.6 is 34.8 Å². The number of rotatable bonds is 10. The number of benzene rings is 4. The summed E-state index contributed by atoms with van der Waals surface area (Å²) in [5.74, 6) is -0.962. The van der Waals surface area contributed by atoms with Crippen LogP contribution < -0.4 is 5.32 Å². The van der Waals surface area contributed by atoms with E-state index in [4.69, 9.17) is 39.9 Å². The van der Waals surface area contributed by atoms with Gasteiger partial charge in [-0.25, -0.2) is 0 Å². The lowest BCUT2D eigenvalue weighted by Gasteiger charge is -2.14. The molecule has 0 saturated carbocycles. The van der Waals surface area contributed by atoms with Crippen LogP contribution in [0.4, 0.5) is 5.69 Å². The number of carbonyl (C=O) groups excluding carboxylic acids is 1. The van der Waals surface area contributed by atoms with Gasteiger partial charge in [0, 0.05) is 51.3 Å². The standard InChI is InChI=1S/C30H24Cl3NO3/c31-23-11-8-22(18-34-25-13-9-19(10-14-25)26-15-12-24(32)17-28(26)33)27(16-23)20-4-6-21(7-5-20)29(35)2-1-3-30(36)37/h4-17,34H,1-3,18H2,(H,36,37). The van der Waals surface area contributed by atoms with Crippen LogP contribution in [0.5, 0.6) is 0 Å². The molecule has 0 aliphatic carbocycles. The van der Waals surface area contributed by atoms with Gasteiger partial charge in [-0.05, 0) is 65.1 Å². The first-order valence-electron chi connectivity index (χ1n) is 11.7. The second kappa shape index (κ2) is 12.3. The Morgan fingerprint density at radius 1 is 0.703 bits per heavy atom. The molecule has 4 aromatic carbocycles. The van der Waals surface area contributed by atoms with Crippen molar-refractivity contribution < 1.29 is 14.7 Å². The molecule has 0 unspecified atom stereocenters. The average molecular weight is 553 g/mol. The molecule has 0 aliphatic rings. The maximum Gasteiger partial charge on any atom is 0.303 e. The Hall–Kier alpha value is -3.31. The number of nitrogens with one attached hydrogen (secondary N) is 1. The Bertz CT molecular complexity index is 1420. The Morgan fingerprint density at radius 3 is 2.00 bits per heavy atom. The van der Waals surface area contributed by atoms with E-state index in [-0.39, 0.29) is 18.6 Å². The van der Waals surface area contributed by atoms with Gasteiger partial charge in [0.2, 0.25) is 0 Å². The third-order valence-corrected chi connectivity index (χ3v) is 6.78. The topological polar surface area (TPSA) is 66.4 Å². The zero-order valence-corrected chi connectivity index (χ0v) is 22.1. The quantitative estimate of drug-likeness (QED) is 0.193. The zero-order chi connectivity index (χ0) is 26.4. The zero-order valence-electron chi connectivity index (χ0n) is 19.8. The van der Waals surface area contributed by atoms with Gasteiger partial charge in [-0.15, -0.1) is 0 Å². The molecular formula is C30H24Cl3NO3. The lowest BCUT2D eigenvalue weighted by atomic mass is 9.97. The molecule has 0 heterocycles. The van der Waals surface area contributed by atoms with E-state index in [1.165, 1.54) is 0 Å². The highest BCUT2D eigenvalue weighted by atomic mass is 35.5. The van der Waals surface area contributed by atoms with Gasteiger partial charge in [-0.1, -0.05) is 83.3 Å². The van der Waals surface area contributed by atoms with Crippen molar-refractivity contribution in [3.8, 4) is 22.3 Å². The number of carboxylic acids is 1. The van der Waals surface area contributed by atoms with Crippen molar-refractivity contribution >= 4 is 52.2 Å². The molecule has 0 atom stereocenters. The summed E-state index contributed by atoms with van der Waals surface area (Å²) in [4.78, 5) is 23.0. The molecule has 0 aliphatic heterocycles. The SMILES string of the molecule is O=C(O)CCCC(=O)c1ccc(-c2cc(Cl)ccc2CNc2ccc(-c3ccc(Cl)cc3Cl)cc2)cc1. The van der Waals surface area contributed by atoms with E-state index in [0.717, 1.165) is 33.5 Å². The molecule has 0 spiro atoms. The molecule has 188 valence electrons. The second-order valence-electron chi connectivity index (χ2n) is 8.60. The first kappa shape index (κ1) is 26.7. The summed E-state index contributed by atoms with van der Waals surface area (Å²) in [6.45, 7) is 0.573. The number of aliphatic carboxylic acids is 1. The van der Waals surface area contributed by atoms with Crippen LogP contribution in [-0.2, 0) is 11.3 Å². The molecule has 4 rings (SSSR count). The first-order valence-corrected chi connectivity index (χ1v) is 12.9. The molecule has 0 radical (unpaired) electrons. The molecule has 0 saturated heterocycles. The van der Waals surface area contributed by atoms with Crippen LogP contribution in [0.25, 0.3) is 22.3 Å². The van der Waals surface area contributed by atoms with Crippen molar-refractivity contribution in [2.45, 2.75) is 25.8 Å². The number of Topliss-reactive ketones (excluding diaryl/α,β-unsaturated/α-hetero) is 1. The number of carboxylic acid groups (broad SMARTS) is 1. The van der Waals surface area contributed by atoms with Gasteiger partial charge in [0.25, 0.3) is 0 Å². The van der Waals surface area contributed by atoms with Crippen molar-refractivity contribution in [3.63, 3.8) is 0 Å². The molecule has 0 fully saturated rings. The summed E-state index contributed by atoms with van der Waals surface area (Å²) in [6.07, 6.45) is 0.523. The van der Waals surface area contributed by atoms with E-state index in [0.29, 0.717) is 33.6 Å². The van der Waals surface area contributed by atoms with Crippen molar-refractivity contribution in [2.24, 2.45) is 0 Å². The Labute approximate surface area is 230 Å². The predicted octanol–water partition coefficient (Wildman–Crippen LogP) is 9.03. The van der Waals surface area contributed by atoms with Gasteiger partial charge in [0.1, 0.15) is 0 Å². The number of anilines is 1. The Balaban J connectivity index is 1.46.